The van der Waals surface area contributed by atoms with Gasteiger partial charge in [-0.1, -0.05) is 31.4 Å². The van der Waals surface area contributed by atoms with Gasteiger partial charge in [-0.2, -0.15) is 0 Å². The number of carbonyl (C=O) groups is 4. The van der Waals surface area contributed by atoms with Crippen molar-refractivity contribution in [3.05, 3.63) is 29.8 Å². The summed E-state index contributed by atoms with van der Waals surface area (Å²) in [6, 6.07) is 6.57. The van der Waals surface area contributed by atoms with E-state index in [2.05, 4.69) is 10.6 Å². The molecule has 0 bridgehead atoms. The van der Waals surface area contributed by atoms with Crippen LogP contribution in [0.25, 0.3) is 0 Å². The minimum absolute atomic E-state index is 0.171. The van der Waals surface area contributed by atoms with Gasteiger partial charge >= 0.3 is 12.0 Å². The molecule has 3 rings (SSSR count). The Bertz CT molecular complexity index is 886. The molecule has 1 aliphatic carbocycles. The van der Waals surface area contributed by atoms with Crippen LogP contribution in [0.3, 0.4) is 0 Å². The van der Waals surface area contributed by atoms with Gasteiger partial charge in [0, 0.05) is 23.2 Å². The van der Waals surface area contributed by atoms with Gasteiger partial charge in [0.2, 0.25) is 0 Å². The second kappa shape index (κ2) is 10.4. The molecule has 1 saturated carbocycles. The van der Waals surface area contributed by atoms with Gasteiger partial charge in [0.05, 0.1) is 5.56 Å². The zero-order valence-corrected chi connectivity index (χ0v) is 19.6. The number of benzene rings is 1. The Labute approximate surface area is 192 Å². The summed E-state index contributed by atoms with van der Waals surface area (Å²) in [5.74, 6) is -0.916. The van der Waals surface area contributed by atoms with Crippen molar-refractivity contribution in [2.45, 2.75) is 75.5 Å². The number of thioether (sulfide) groups is 1. The van der Waals surface area contributed by atoms with Crippen molar-refractivity contribution in [1.29, 1.82) is 0 Å². The molecule has 2 aliphatic rings. The average Bonchev–Trinajstić information content (AvgIpc) is 3.05. The van der Waals surface area contributed by atoms with Crippen molar-refractivity contribution in [3.8, 4) is 0 Å². The number of nitrogens with zero attached hydrogens (tertiary/aromatic N) is 1. The second-order valence-corrected chi connectivity index (χ2v) is 9.51. The lowest BCUT2D eigenvalue weighted by Crippen LogP contribution is -2.46. The molecule has 1 aromatic rings. The van der Waals surface area contributed by atoms with Gasteiger partial charge in [-0.05, 0) is 45.7 Å². The third-order valence-electron chi connectivity index (χ3n) is 6.01. The number of imide groups is 1. The highest BCUT2D eigenvalue weighted by Gasteiger charge is 2.42. The fraction of sp³-hybridized carbons (Fsp3) is 0.565. The van der Waals surface area contributed by atoms with Crippen molar-refractivity contribution in [3.63, 3.8) is 0 Å². The summed E-state index contributed by atoms with van der Waals surface area (Å²) in [7, 11) is 0. The fourth-order valence-electron chi connectivity index (χ4n) is 4.16. The Kier molecular flexibility index (Phi) is 7.82. The van der Waals surface area contributed by atoms with Crippen LogP contribution in [0.4, 0.5) is 4.79 Å². The molecule has 1 aliphatic heterocycles. The molecule has 2 fully saturated rings. The minimum Gasteiger partial charge on any atom is -0.449 e. The topological polar surface area (TPSA) is 105 Å². The van der Waals surface area contributed by atoms with Crippen LogP contribution >= 0.6 is 11.8 Å². The van der Waals surface area contributed by atoms with Crippen LogP contribution in [0.2, 0.25) is 0 Å². The van der Waals surface area contributed by atoms with Crippen LogP contribution < -0.4 is 10.6 Å². The van der Waals surface area contributed by atoms with Crippen molar-refractivity contribution in [2.24, 2.45) is 0 Å². The normalized spacial score (nSPS) is 22.1. The van der Waals surface area contributed by atoms with E-state index in [-0.39, 0.29) is 17.7 Å². The zero-order chi connectivity index (χ0) is 23.3. The van der Waals surface area contributed by atoms with E-state index >= 15 is 0 Å². The highest BCUT2D eigenvalue weighted by molar-refractivity contribution is 7.99. The molecule has 2 atom stereocenters. The number of urea groups is 1. The van der Waals surface area contributed by atoms with E-state index < -0.39 is 29.6 Å². The molecule has 1 heterocycles. The lowest BCUT2D eigenvalue weighted by Gasteiger charge is -2.35. The minimum atomic E-state index is -1.07. The van der Waals surface area contributed by atoms with E-state index in [0.29, 0.717) is 17.0 Å². The number of ether oxygens (including phenoxy) is 1. The van der Waals surface area contributed by atoms with Crippen LogP contribution in [-0.4, -0.2) is 58.7 Å². The number of nitrogens with one attached hydrogen (secondary N) is 2. The highest BCUT2D eigenvalue weighted by atomic mass is 32.2. The number of carbonyl (C=O) groups excluding carboxylic acids is 4. The first-order chi connectivity index (χ1) is 15.2. The predicted molar refractivity (Wildman–Crippen MR) is 121 cm³/mol. The Morgan fingerprint density at radius 3 is 2.53 bits per heavy atom. The van der Waals surface area contributed by atoms with Gasteiger partial charge in [0.25, 0.3) is 11.8 Å². The first kappa shape index (κ1) is 24.1. The van der Waals surface area contributed by atoms with Crippen molar-refractivity contribution in [2.75, 3.05) is 12.3 Å². The van der Waals surface area contributed by atoms with Gasteiger partial charge in [-0.3, -0.25) is 14.9 Å². The molecule has 0 radical (unpaired) electrons. The number of esters is 1. The van der Waals surface area contributed by atoms with Crippen LogP contribution in [0.1, 0.15) is 63.2 Å². The lowest BCUT2D eigenvalue weighted by atomic mass is 9.94. The van der Waals surface area contributed by atoms with E-state index in [1.165, 1.54) is 18.2 Å². The second-order valence-electron chi connectivity index (χ2n) is 8.49. The molecule has 0 aromatic heterocycles. The maximum Gasteiger partial charge on any atom is 0.340 e. The zero-order valence-electron chi connectivity index (χ0n) is 18.8. The smallest absolute Gasteiger partial charge is 0.340 e. The number of likely N-dealkylation sites (N-methyl/N-ethyl adjacent to an activating group) is 1. The summed E-state index contributed by atoms with van der Waals surface area (Å²) in [4.78, 5) is 51.9. The third kappa shape index (κ3) is 5.43. The van der Waals surface area contributed by atoms with Crippen molar-refractivity contribution in [1.82, 2.24) is 15.5 Å². The van der Waals surface area contributed by atoms with Crippen molar-refractivity contribution >= 4 is 35.6 Å². The standard InChI is InChI=1S/C23H31N3O5S/c1-4-26(16-10-6-5-7-11-16)19(27)15(2)31-20(28)17-12-8-9-13-18(17)32-14-23(3)21(29)24-22(30)25-23/h8-9,12-13,15-16H,4-7,10-11,14H2,1-3H3,(H2,24,25,29,30)/t15-,23+/m0/s1. The molecule has 0 spiro atoms. The van der Waals surface area contributed by atoms with E-state index in [4.69, 9.17) is 4.74 Å². The van der Waals surface area contributed by atoms with Crippen molar-refractivity contribution < 1.29 is 23.9 Å². The van der Waals surface area contributed by atoms with Gasteiger partial charge in [-0.15, -0.1) is 11.8 Å². The molecule has 2 N–H and O–H groups in total. The largest absolute Gasteiger partial charge is 0.449 e. The molecular formula is C23H31N3O5S. The Balaban J connectivity index is 1.65. The van der Waals surface area contributed by atoms with Gasteiger partial charge in [0.15, 0.2) is 6.10 Å². The number of hydrogen-bond acceptors (Lipinski definition) is 6. The van der Waals surface area contributed by atoms with E-state index in [1.54, 1.807) is 38.1 Å². The molecule has 4 amide bonds. The number of hydrogen-bond donors (Lipinski definition) is 2. The molecule has 1 saturated heterocycles. The first-order valence-corrected chi connectivity index (χ1v) is 12.1. The third-order valence-corrected chi connectivity index (χ3v) is 7.40. The summed E-state index contributed by atoms with van der Waals surface area (Å²) in [5, 5.41) is 4.84. The molecule has 8 nitrogen and oxygen atoms in total. The SMILES string of the molecule is CCN(C(=O)[C@H](C)OC(=O)c1ccccc1SC[C@@]1(C)NC(=O)NC1=O)C1CCCCC1. The van der Waals surface area contributed by atoms with Crippen LogP contribution in [0, 0.1) is 0 Å². The molecular weight excluding hydrogens is 430 g/mol. The fourth-order valence-corrected chi connectivity index (χ4v) is 5.29. The first-order valence-electron chi connectivity index (χ1n) is 11.1. The summed E-state index contributed by atoms with van der Waals surface area (Å²) in [6.07, 6.45) is 4.52. The van der Waals surface area contributed by atoms with Gasteiger partial charge in [0.1, 0.15) is 5.54 Å². The number of amides is 4. The highest BCUT2D eigenvalue weighted by Crippen LogP contribution is 2.29. The molecule has 174 valence electrons. The van der Waals surface area contributed by atoms with Gasteiger partial charge in [-0.25, -0.2) is 9.59 Å². The summed E-state index contributed by atoms with van der Waals surface area (Å²) in [5.41, 5.74) is -0.741. The Morgan fingerprint density at radius 1 is 1.22 bits per heavy atom. The van der Waals surface area contributed by atoms with Crippen LogP contribution in [0.15, 0.2) is 29.2 Å². The average molecular weight is 462 g/mol. The van der Waals surface area contributed by atoms with E-state index in [0.717, 1.165) is 25.7 Å². The quantitative estimate of drug-likeness (QED) is 0.350. The van der Waals surface area contributed by atoms with Crippen LogP contribution in [-0.2, 0) is 14.3 Å². The molecule has 32 heavy (non-hydrogen) atoms. The summed E-state index contributed by atoms with van der Waals surface area (Å²) >= 11 is 1.27. The van der Waals surface area contributed by atoms with E-state index in [9.17, 15) is 19.2 Å². The monoisotopic (exact) mass is 461 g/mol. The van der Waals surface area contributed by atoms with E-state index in [1.807, 2.05) is 11.8 Å². The molecule has 9 heteroatoms. The Hall–Kier alpha value is -2.55. The lowest BCUT2D eigenvalue weighted by molar-refractivity contribution is -0.142. The Morgan fingerprint density at radius 2 is 1.91 bits per heavy atom. The molecule has 1 aromatic carbocycles. The maximum absolute atomic E-state index is 13.0. The summed E-state index contributed by atoms with van der Waals surface area (Å²) < 4.78 is 5.56. The predicted octanol–water partition coefficient (Wildman–Crippen LogP) is 3.10. The summed E-state index contributed by atoms with van der Waals surface area (Å²) in [6.45, 7) is 5.78. The van der Waals surface area contributed by atoms with Crippen LogP contribution in [0.5, 0.6) is 0 Å². The maximum atomic E-state index is 13.0. The van der Waals surface area contributed by atoms with Gasteiger partial charge < -0.3 is 15.0 Å². The number of rotatable bonds is 8. The molecule has 0 unspecified atom stereocenters.